The molecule has 3 rings (SSSR count). The Balaban J connectivity index is 1.85. The molecule has 110 valence electrons. The predicted octanol–water partition coefficient (Wildman–Crippen LogP) is 2.99. The third kappa shape index (κ3) is 2.99. The highest BCUT2D eigenvalue weighted by Gasteiger charge is 2.14. The molecule has 0 radical (unpaired) electrons. The first-order valence-corrected chi connectivity index (χ1v) is 6.97. The Labute approximate surface area is 123 Å². The molecule has 0 unspecified atom stereocenters. The third-order valence-corrected chi connectivity index (χ3v) is 2.99. The highest BCUT2D eigenvalue weighted by Crippen LogP contribution is 2.36. The topological polar surface area (TPSA) is 65.5 Å². The van der Waals surface area contributed by atoms with Gasteiger partial charge in [-0.25, -0.2) is 4.98 Å². The third-order valence-electron chi connectivity index (χ3n) is 2.99. The summed E-state index contributed by atoms with van der Waals surface area (Å²) in [4.78, 5) is 8.77. The molecule has 0 bridgehead atoms. The molecule has 0 fully saturated rings. The number of hydrogen-bond acceptors (Lipinski definition) is 6. The molecule has 2 aromatic rings. The minimum atomic E-state index is 0.247. The van der Waals surface area contributed by atoms with Crippen LogP contribution < -0.4 is 19.5 Å². The van der Waals surface area contributed by atoms with Crippen LogP contribution in [0, 0.1) is 0 Å². The first kappa shape index (κ1) is 13.5. The first-order valence-electron chi connectivity index (χ1n) is 6.97. The smallest absolute Gasteiger partial charge is 0.231 e. The molecule has 2 heterocycles. The molecule has 0 saturated carbocycles. The van der Waals surface area contributed by atoms with Gasteiger partial charge in [0.25, 0.3) is 0 Å². The van der Waals surface area contributed by atoms with Crippen LogP contribution in [-0.4, -0.2) is 23.3 Å². The summed E-state index contributed by atoms with van der Waals surface area (Å²) >= 11 is 0. The minimum absolute atomic E-state index is 0.247. The van der Waals surface area contributed by atoms with Gasteiger partial charge in [-0.05, 0) is 19.1 Å². The van der Waals surface area contributed by atoms with Crippen LogP contribution in [0.25, 0.3) is 0 Å². The number of fused-ring (bicyclic) bond motifs is 1. The number of anilines is 1. The van der Waals surface area contributed by atoms with Crippen LogP contribution in [0.1, 0.15) is 19.7 Å². The molecular weight excluding hydrogens is 270 g/mol. The quantitative estimate of drug-likeness (QED) is 0.912. The van der Waals surface area contributed by atoms with Crippen molar-refractivity contribution in [1.82, 2.24) is 9.97 Å². The van der Waals surface area contributed by atoms with Crippen molar-refractivity contribution in [3.8, 4) is 23.1 Å². The van der Waals surface area contributed by atoms with E-state index in [4.69, 9.17) is 14.2 Å². The van der Waals surface area contributed by atoms with Gasteiger partial charge in [0.2, 0.25) is 12.7 Å². The fourth-order valence-electron chi connectivity index (χ4n) is 2.02. The lowest BCUT2D eigenvalue weighted by atomic mass is 10.3. The zero-order valence-electron chi connectivity index (χ0n) is 12.0. The van der Waals surface area contributed by atoms with Crippen molar-refractivity contribution in [2.24, 2.45) is 0 Å². The Bertz CT molecular complexity index is 646. The molecule has 6 heteroatoms. The fourth-order valence-corrected chi connectivity index (χ4v) is 2.02. The molecule has 0 amide bonds. The number of aromatic nitrogens is 2. The molecular formula is C15H17N3O3. The maximum absolute atomic E-state index is 5.81. The van der Waals surface area contributed by atoms with E-state index in [1.54, 1.807) is 12.1 Å². The predicted molar refractivity (Wildman–Crippen MR) is 78.2 cm³/mol. The SMILES string of the molecule is CCNc1cc(Oc2ccc3c(c2)OCO3)nc(CC)n1. The molecule has 1 aromatic carbocycles. The molecule has 0 spiro atoms. The number of rotatable bonds is 5. The van der Waals surface area contributed by atoms with Gasteiger partial charge in [0.05, 0.1) is 0 Å². The van der Waals surface area contributed by atoms with Crippen LogP contribution in [0.4, 0.5) is 5.82 Å². The highest BCUT2D eigenvalue weighted by atomic mass is 16.7. The molecule has 6 nitrogen and oxygen atoms in total. The van der Waals surface area contributed by atoms with Gasteiger partial charge >= 0.3 is 0 Å². The Morgan fingerprint density at radius 1 is 1.14 bits per heavy atom. The average molecular weight is 287 g/mol. The summed E-state index contributed by atoms with van der Waals surface area (Å²) in [6.45, 7) is 5.07. The van der Waals surface area contributed by atoms with Gasteiger partial charge in [-0.2, -0.15) is 4.98 Å². The van der Waals surface area contributed by atoms with Crippen molar-refractivity contribution in [2.75, 3.05) is 18.7 Å². The number of hydrogen-bond donors (Lipinski definition) is 1. The lowest BCUT2D eigenvalue weighted by Gasteiger charge is -2.09. The summed E-state index contributed by atoms with van der Waals surface area (Å²) in [7, 11) is 0. The van der Waals surface area contributed by atoms with Gasteiger partial charge in [-0.1, -0.05) is 6.92 Å². The van der Waals surface area contributed by atoms with E-state index < -0.39 is 0 Å². The van der Waals surface area contributed by atoms with Gasteiger partial charge < -0.3 is 19.5 Å². The standard InChI is InChI=1S/C15H17N3O3/c1-3-13-17-14(16-4-2)8-15(18-13)21-10-5-6-11-12(7-10)20-9-19-11/h5-8H,3-4,9H2,1-2H3,(H,16,17,18). The largest absolute Gasteiger partial charge is 0.454 e. The van der Waals surface area contributed by atoms with Gasteiger partial charge in [0.15, 0.2) is 11.5 Å². The summed E-state index contributed by atoms with van der Waals surface area (Å²) in [6, 6.07) is 7.23. The highest BCUT2D eigenvalue weighted by molar-refractivity contribution is 5.48. The summed E-state index contributed by atoms with van der Waals surface area (Å²) < 4.78 is 16.4. The van der Waals surface area contributed by atoms with Crippen LogP contribution in [0.3, 0.4) is 0 Å². The number of nitrogens with zero attached hydrogens (tertiary/aromatic N) is 2. The first-order chi connectivity index (χ1) is 10.3. The zero-order chi connectivity index (χ0) is 14.7. The van der Waals surface area contributed by atoms with Crippen molar-refractivity contribution < 1.29 is 14.2 Å². The minimum Gasteiger partial charge on any atom is -0.454 e. The normalized spacial score (nSPS) is 12.3. The monoisotopic (exact) mass is 287 g/mol. The number of nitrogens with one attached hydrogen (secondary N) is 1. The van der Waals surface area contributed by atoms with Crippen LogP contribution in [0.15, 0.2) is 24.3 Å². The molecule has 0 aliphatic carbocycles. The molecule has 0 saturated heterocycles. The van der Waals surface area contributed by atoms with Gasteiger partial charge in [0, 0.05) is 25.1 Å². The van der Waals surface area contributed by atoms with Crippen molar-refractivity contribution in [3.05, 3.63) is 30.1 Å². The van der Waals surface area contributed by atoms with Crippen LogP contribution in [-0.2, 0) is 6.42 Å². The molecule has 21 heavy (non-hydrogen) atoms. The fraction of sp³-hybridized carbons (Fsp3) is 0.333. The Morgan fingerprint density at radius 2 is 2.00 bits per heavy atom. The van der Waals surface area contributed by atoms with E-state index in [2.05, 4.69) is 15.3 Å². The second kappa shape index (κ2) is 5.87. The molecule has 1 aromatic heterocycles. The van der Waals surface area contributed by atoms with Crippen molar-refractivity contribution in [3.63, 3.8) is 0 Å². The second-order valence-corrected chi connectivity index (χ2v) is 4.51. The van der Waals surface area contributed by atoms with E-state index in [0.717, 1.165) is 30.4 Å². The van der Waals surface area contributed by atoms with Crippen molar-refractivity contribution in [2.45, 2.75) is 20.3 Å². The average Bonchev–Trinajstić information content (AvgIpc) is 2.95. The Kier molecular flexibility index (Phi) is 3.77. The lowest BCUT2D eigenvalue weighted by molar-refractivity contribution is 0.174. The molecule has 1 aliphatic heterocycles. The van der Waals surface area contributed by atoms with Crippen molar-refractivity contribution in [1.29, 1.82) is 0 Å². The van der Waals surface area contributed by atoms with Gasteiger partial charge in [-0.15, -0.1) is 0 Å². The second-order valence-electron chi connectivity index (χ2n) is 4.51. The Morgan fingerprint density at radius 3 is 2.81 bits per heavy atom. The maximum Gasteiger partial charge on any atom is 0.231 e. The van der Waals surface area contributed by atoms with E-state index in [1.165, 1.54) is 0 Å². The van der Waals surface area contributed by atoms with Crippen LogP contribution in [0.5, 0.6) is 23.1 Å². The van der Waals surface area contributed by atoms with E-state index in [1.807, 2.05) is 26.0 Å². The summed E-state index contributed by atoms with van der Waals surface area (Å²) in [5, 5.41) is 3.17. The molecule has 0 atom stereocenters. The summed E-state index contributed by atoms with van der Waals surface area (Å²) in [5.41, 5.74) is 0. The molecule has 1 N–H and O–H groups in total. The van der Waals surface area contributed by atoms with Crippen molar-refractivity contribution >= 4 is 5.82 Å². The summed E-state index contributed by atoms with van der Waals surface area (Å²) in [5.74, 6) is 4.08. The summed E-state index contributed by atoms with van der Waals surface area (Å²) in [6.07, 6.45) is 0.747. The molecule has 1 aliphatic rings. The van der Waals surface area contributed by atoms with Gasteiger partial charge in [-0.3, -0.25) is 0 Å². The maximum atomic E-state index is 5.81. The number of benzene rings is 1. The van der Waals surface area contributed by atoms with Crippen LogP contribution >= 0.6 is 0 Å². The number of ether oxygens (including phenoxy) is 3. The van der Waals surface area contributed by atoms with E-state index in [0.29, 0.717) is 17.4 Å². The van der Waals surface area contributed by atoms with Gasteiger partial charge in [0.1, 0.15) is 17.4 Å². The van der Waals surface area contributed by atoms with E-state index >= 15 is 0 Å². The Hall–Kier alpha value is -2.50. The van der Waals surface area contributed by atoms with E-state index in [9.17, 15) is 0 Å². The zero-order valence-corrected chi connectivity index (χ0v) is 12.0. The van der Waals surface area contributed by atoms with E-state index in [-0.39, 0.29) is 6.79 Å². The lowest BCUT2D eigenvalue weighted by Crippen LogP contribution is -2.04. The number of aryl methyl sites for hydroxylation is 1. The van der Waals surface area contributed by atoms with Crippen LogP contribution in [0.2, 0.25) is 0 Å².